The molecule has 2 rings (SSSR count). The van der Waals surface area contributed by atoms with Crippen LogP contribution in [0.1, 0.15) is 11.1 Å². The Labute approximate surface area is 114 Å². The fourth-order valence-corrected chi connectivity index (χ4v) is 2.10. The lowest BCUT2D eigenvalue weighted by Gasteiger charge is -2.10. The first-order valence-electron chi connectivity index (χ1n) is 5.25. The summed E-state index contributed by atoms with van der Waals surface area (Å²) in [5, 5.41) is 4.09. The summed E-state index contributed by atoms with van der Waals surface area (Å²) in [6.45, 7) is 2.77. The molecule has 1 aromatic heterocycles. The Kier molecular flexibility index (Phi) is 4.02. The second-order valence-corrected chi connectivity index (χ2v) is 5.07. The van der Waals surface area contributed by atoms with Gasteiger partial charge in [0, 0.05) is 22.2 Å². The molecule has 0 aliphatic rings. The summed E-state index contributed by atoms with van der Waals surface area (Å²) in [7, 11) is 0. The van der Waals surface area contributed by atoms with Gasteiger partial charge in [-0.1, -0.05) is 27.5 Å². The number of rotatable bonds is 3. The summed E-state index contributed by atoms with van der Waals surface area (Å²) in [6, 6.07) is 7.75. The number of halogens is 2. The van der Waals surface area contributed by atoms with Crippen LogP contribution in [0.3, 0.4) is 0 Å². The fourth-order valence-electron chi connectivity index (χ4n) is 1.52. The molecule has 0 radical (unpaired) electrons. The van der Waals surface area contributed by atoms with E-state index in [1.54, 1.807) is 6.20 Å². The molecule has 0 unspecified atom stereocenters. The van der Waals surface area contributed by atoms with Crippen LogP contribution in [0, 0.1) is 6.92 Å². The molecule has 1 aromatic carbocycles. The van der Waals surface area contributed by atoms with E-state index in [-0.39, 0.29) is 0 Å². The number of hydrogen-bond acceptors (Lipinski definition) is 2. The van der Waals surface area contributed by atoms with Crippen LogP contribution in [0.15, 0.2) is 41.1 Å². The van der Waals surface area contributed by atoms with Crippen LogP contribution in [0.4, 0.5) is 5.69 Å². The van der Waals surface area contributed by atoms with Crippen LogP contribution >= 0.6 is 27.5 Å². The minimum atomic E-state index is 0.716. The van der Waals surface area contributed by atoms with Gasteiger partial charge >= 0.3 is 0 Å². The summed E-state index contributed by atoms with van der Waals surface area (Å²) in [5.74, 6) is 0. The van der Waals surface area contributed by atoms with Crippen LogP contribution in [0.25, 0.3) is 0 Å². The van der Waals surface area contributed by atoms with Crippen molar-refractivity contribution in [3.63, 3.8) is 0 Å². The fraction of sp³-hybridized carbons (Fsp3) is 0.154. The van der Waals surface area contributed by atoms with Gasteiger partial charge in [-0.05, 0) is 42.3 Å². The van der Waals surface area contributed by atoms with Gasteiger partial charge in [0.25, 0.3) is 0 Å². The quantitative estimate of drug-likeness (QED) is 0.907. The molecule has 0 aliphatic heterocycles. The highest BCUT2D eigenvalue weighted by Gasteiger charge is 2.02. The zero-order valence-electron chi connectivity index (χ0n) is 9.37. The maximum Gasteiger partial charge on any atom is 0.0559 e. The van der Waals surface area contributed by atoms with Crippen molar-refractivity contribution >= 4 is 33.2 Å². The number of hydrogen-bond donors (Lipinski definition) is 1. The first-order valence-corrected chi connectivity index (χ1v) is 6.42. The predicted octanol–water partition coefficient (Wildman–Crippen LogP) is 4.42. The van der Waals surface area contributed by atoms with Gasteiger partial charge < -0.3 is 5.32 Å². The molecule has 0 saturated heterocycles. The smallest absolute Gasteiger partial charge is 0.0559 e. The van der Waals surface area contributed by atoms with Gasteiger partial charge in [-0.15, -0.1) is 0 Å². The monoisotopic (exact) mass is 310 g/mol. The highest BCUT2D eigenvalue weighted by atomic mass is 79.9. The van der Waals surface area contributed by atoms with E-state index in [1.165, 1.54) is 5.56 Å². The Morgan fingerprint density at radius 3 is 2.94 bits per heavy atom. The van der Waals surface area contributed by atoms with E-state index in [1.807, 2.05) is 30.5 Å². The summed E-state index contributed by atoms with van der Waals surface area (Å²) >= 11 is 9.48. The van der Waals surface area contributed by atoms with Gasteiger partial charge in [-0.3, -0.25) is 4.98 Å². The third kappa shape index (κ3) is 3.20. The van der Waals surface area contributed by atoms with E-state index in [0.717, 1.165) is 20.7 Å². The number of aryl methyl sites for hydroxylation is 1. The molecular formula is C13H12BrClN2. The van der Waals surface area contributed by atoms with Crippen LogP contribution in [0.2, 0.25) is 5.02 Å². The van der Waals surface area contributed by atoms with E-state index < -0.39 is 0 Å². The standard InChI is InChI=1S/C13H12BrClN2/c1-9-4-5-16-8-13(9)17-7-10-6-11(15)2-3-12(10)14/h2-6,8,17H,7H2,1H3. The molecule has 1 heterocycles. The minimum Gasteiger partial charge on any atom is -0.379 e. The van der Waals surface area contributed by atoms with E-state index >= 15 is 0 Å². The molecule has 0 spiro atoms. The SMILES string of the molecule is Cc1ccncc1NCc1cc(Cl)ccc1Br. The van der Waals surface area contributed by atoms with Gasteiger partial charge in [0.1, 0.15) is 0 Å². The number of nitrogens with zero attached hydrogens (tertiary/aromatic N) is 1. The lowest BCUT2D eigenvalue weighted by molar-refractivity contribution is 1.11. The first kappa shape index (κ1) is 12.4. The van der Waals surface area contributed by atoms with Crippen molar-refractivity contribution in [2.45, 2.75) is 13.5 Å². The molecule has 1 N–H and O–H groups in total. The summed E-state index contributed by atoms with van der Waals surface area (Å²) in [4.78, 5) is 4.10. The molecule has 88 valence electrons. The van der Waals surface area contributed by atoms with Crippen molar-refractivity contribution in [2.75, 3.05) is 5.32 Å². The second kappa shape index (κ2) is 5.52. The van der Waals surface area contributed by atoms with Crippen LogP contribution < -0.4 is 5.32 Å². The molecule has 17 heavy (non-hydrogen) atoms. The first-order chi connectivity index (χ1) is 8.16. The van der Waals surface area contributed by atoms with Crippen molar-refractivity contribution in [3.8, 4) is 0 Å². The Hall–Kier alpha value is -1.06. The van der Waals surface area contributed by atoms with Gasteiger partial charge in [-0.2, -0.15) is 0 Å². The minimum absolute atomic E-state index is 0.716. The van der Waals surface area contributed by atoms with E-state index in [0.29, 0.717) is 6.54 Å². The lowest BCUT2D eigenvalue weighted by atomic mass is 10.2. The van der Waals surface area contributed by atoms with E-state index in [2.05, 4.69) is 33.2 Å². The van der Waals surface area contributed by atoms with Gasteiger partial charge in [0.15, 0.2) is 0 Å². The number of aromatic nitrogens is 1. The molecule has 0 amide bonds. The third-order valence-electron chi connectivity index (χ3n) is 2.52. The van der Waals surface area contributed by atoms with Crippen LogP contribution in [-0.4, -0.2) is 4.98 Å². The summed E-state index contributed by atoms with van der Waals surface area (Å²) < 4.78 is 1.05. The van der Waals surface area contributed by atoms with Gasteiger partial charge in [0.05, 0.1) is 11.9 Å². The van der Waals surface area contributed by atoms with Crippen molar-refractivity contribution in [1.82, 2.24) is 4.98 Å². The molecule has 0 bridgehead atoms. The largest absolute Gasteiger partial charge is 0.379 e. The maximum absolute atomic E-state index is 5.97. The molecule has 0 saturated carbocycles. The normalized spacial score (nSPS) is 10.3. The number of benzene rings is 1. The van der Waals surface area contributed by atoms with E-state index in [9.17, 15) is 0 Å². The molecule has 0 fully saturated rings. The van der Waals surface area contributed by atoms with Crippen molar-refractivity contribution in [1.29, 1.82) is 0 Å². The van der Waals surface area contributed by atoms with Gasteiger partial charge in [-0.25, -0.2) is 0 Å². The zero-order chi connectivity index (χ0) is 12.3. The Balaban J connectivity index is 2.12. The number of pyridine rings is 1. The Bertz CT molecular complexity index is 529. The lowest BCUT2D eigenvalue weighted by Crippen LogP contribution is -2.02. The molecule has 2 nitrogen and oxygen atoms in total. The molecular weight excluding hydrogens is 300 g/mol. The van der Waals surface area contributed by atoms with Crippen molar-refractivity contribution in [3.05, 3.63) is 57.3 Å². The number of nitrogens with one attached hydrogen (secondary N) is 1. The average Bonchev–Trinajstić information content (AvgIpc) is 2.32. The highest BCUT2D eigenvalue weighted by molar-refractivity contribution is 9.10. The summed E-state index contributed by atoms with van der Waals surface area (Å²) in [5.41, 5.74) is 3.35. The molecule has 0 aliphatic carbocycles. The predicted molar refractivity (Wildman–Crippen MR) is 75.5 cm³/mol. The number of anilines is 1. The third-order valence-corrected chi connectivity index (χ3v) is 3.52. The van der Waals surface area contributed by atoms with Crippen molar-refractivity contribution in [2.24, 2.45) is 0 Å². The average molecular weight is 312 g/mol. The molecule has 2 aromatic rings. The van der Waals surface area contributed by atoms with Crippen LogP contribution in [0.5, 0.6) is 0 Å². The van der Waals surface area contributed by atoms with Crippen LogP contribution in [-0.2, 0) is 6.54 Å². The van der Waals surface area contributed by atoms with E-state index in [4.69, 9.17) is 11.6 Å². The molecule has 4 heteroatoms. The van der Waals surface area contributed by atoms with Crippen molar-refractivity contribution < 1.29 is 0 Å². The molecule has 0 atom stereocenters. The summed E-state index contributed by atoms with van der Waals surface area (Å²) in [6.07, 6.45) is 3.61. The maximum atomic E-state index is 5.97. The Morgan fingerprint density at radius 1 is 1.35 bits per heavy atom. The zero-order valence-corrected chi connectivity index (χ0v) is 11.7. The second-order valence-electron chi connectivity index (χ2n) is 3.78. The Morgan fingerprint density at radius 2 is 2.18 bits per heavy atom. The highest BCUT2D eigenvalue weighted by Crippen LogP contribution is 2.22. The van der Waals surface area contributed by atoms with Gasteiger partial charge in [0.2, 0.25) is 0 Å². The topological polar surface area (TPSA) is 24.9 Å².